The molecule has 1 aliphatic heterocycles. The Labute approximate surface area is 124 Å². The van der Waals surface area contributed by atoms with Crippen molar-refractivity contribution in [3.8, 4) is 0 Å². The molecule has 4 rings (SSSR count). The molecule has 2 unspecified atom stereocenters. The SMILES string of the molecule is C1=CC2N=NN(CSc3nc4ccccc4s3)C2C=C1. The van der Waals surface area contributed by atoms with Gasteiger partial charge >= 0.3 is 0 Å². The molecule has 1 aliphatic carbocycles. The highest BCUT2D eigenvalue weighted by atomic mass is 32.2. The Morgan fingerprint density at radius 2 is 2.10 bits per heavy atom. The highest BCUT2D eigenvalue weighted by Crippen LogP contribution is 2.32. The summed E-state index contributed by atoms with van der Waals surface area (Å²) in [6.45, 7) is 0. The molecule has 0 saturated carbocycles. The second-order valence-corrected chi connectivity index (χ2v) is 6.84. The van der Waals surface area contributed by atoms with Crippen LogP contribution in [0, 0.1) is 0 Å². The van der Waals surface area contributed by atoms with Gasteiger partial charge in [-0.3, -0.25) is 5.01 Å². The third kappa shape index (κ3) is 2.14. The summed E-state index contributed by atoms with van der Waals surface area (Å²) in [5, 5.41) is 10.6. The lowest BCUT2D eigenvalue weighted by atomic mass is 10.0. The number of nitrogens with zero attached hydrogens (tertiary/aromatic N) is 4. The van der Waals surface area contributed by atoms with Gasteiger partial charge in [-0.1, -0.05) is 53.4 Å². The van der Waals surface area contributed by atoms with Gasteiger partial charge in [-0.15, -0.1) is 11.3 Å². The average molecular weight is 300 g/mol. The second kappa shape index (κ2) is 5.03. The first kappa shape index (κ1) is 12.1. The highest BCUT2D eigenvalue weighted by Gasteiger charge is 2.29. The predicted octanol–water partition coefficient (Wildman–Crippen LogP) is 3.89. The minimum absolute atomic E-state index is 0.177. The van der Waals surface area contributed by atoms with Crippen LogP contribution in [0.4, 0.5) is 0 Å². The van der Waals surface area contributed by atoms with E-state index in [1.807, 2.05) is 23.2 Å². The molecule has 4 nitrogen and oxygen atoms in total. The highest BCUT2D eigenvalue weighted by molar-refractivity contribution is 8.01. The predicted molar refractivity (Wildman–Crippen MR) is 82.9 cm³/mol. The first-order valence-corrected chi connectivity index (χ1v) is 8.21. The quantitative estimate of drug-likeness (QED) is 0.807. The monoisotopic (exact) mass is 300 g/mol. The van der Waals surface area contributed by atoms with Crippen molar-refractivity contribution < 1.29 is 0 Å². The number of aromatic nitrogens is 1. The Kier molecular flexibility index (Phi) is 3.05. The first-order valence-electron chi connectivity index (χ1n) is 6.41. The van der Waals surface area contributed by atoms with Crippen LogP contribution in [-0.4, -0.2) is 28.0 Å². The van der Waals surface area contributed by atoms with E-state index in [2.05, 4.69) is 45.7 Å². The molecule has 0 radical (unpaired) electrons. The van der Waals surface area contributed by atoms with Crippen LogP contribution in [0.5, 0.6) is 0 Å². The Morgan fingerprint density at radius 1 is 1.20 bits per heavy atom. The van der Waals surface area contributed by atoms with Crippen LogP contribution in [-0.2, 0) is 0 Å². The molecule has 6 heteroatoms. The van der Waals surface area contributed by atoms with Gasteiger partial charge in [-0.05, 0) is 12.1 Å². The molecule has 0 N–H and O–H groups in total. The number of hydrogen-bond acceptors (Lipinski definition) is 6. The van der Waals surface area contributed by atoms with Crippen molar-refractivity contribution in [2.45, 2.75) is 16.4 Å². The molecular weight excluding hydrogens is 288 g/mol. The van der Waals surface area contributed by atoms with Crippen molar-refractivity contribution in [3.63, 3.8) is 0 Å². The van der Waals surface area contributed by atoms with Crippen molar-refractivity contribution in [3.05, 3.63) is 48.6 Å². The minimum Gasteiger partial charge on any atom is -0.259 e. The number of para-hydroxylation sites is 1. The van der Waals surface area contributed by atoms with Crippen molar-refractivity contribution in [1.29, 1.82) is 0 Å². The van der Waals surface area contributed by atoms with E-state index in [0.717, 1.165) is 15.7 Å². The molecule has 2 aromatic rings. The smallest absolute Gasteiger partial charge is 0.152 e. The number of fused-ring (bicyclic) bond motifs is 2. The summed E-state index contributed by atoms with van der Waals surface area (Å²) in [4.78, 5) is 4.63. The standard InChI is InChI=1S/C14H12N4S2/c1-3-7-12-10(5-1)16-17-18(12)9-19-14-15-11-6-2-4-8-13(11)20-14/h1-8,10,12H,9H2. The molecule has 2 atom stereocenters. The third-order valence-corrected chi connectivity index (χ3v) is 5.48. The van der Waals surface area contributed by atoms with Crippen LogP contribution in [0.25, 0.3) is 10.2 Å². The minimum atomic E-state index is 0.177. The summed E-state index contributed by atoms with van der Waals surface area (Å²) in [7, 11) is 0. The van der Waals surface area contributed by atoms with Crippen LogP contribution >= 0.6 is 23.1 Å². The van der Waals surface area contributed by atoms with Gasteiger partial charge in [0.15, 0.2) is 4.34 Å². The largest absolute Gasteiger partial charge is 0.259 e. The lowest BCUT2D eigenvalue weighted by Crippen LogP contribution is -2.32. The second-order valence-electron chi connectivity index (χ2n) is 4.62. The van der Waals surface area contributed by atoms with E-state index in [1.165, 1.54) is 4.70 Å². The van der Waals surface area contributed by atoms with Gasteiger partial charge in [0.25, 0.3) is 0 Å². The Hall–Kier alpha value is -1.66. The molecule has 0 amide bonds. The fourth-order valence-electron chi connectivity index (χ4n) is 2.30. The number of benzene rings is 1. The van der Waals surface area contributed by atoms with E-state index in [1.54, 1.807) is 23.1 Å². The Morgan fingerprint density at radius 3 is 3.05 bits per heavy atom. The Bertz CT molecular complexity index is 686. The van der Waals surface area contributed by atoms with E-state index < -0.39 is 0 Å². The molecule has 0 fully saturated rings. The average Bonchev–Trinajstić information content (AvgIpc) is 3.08. The first-order chi connectivity index (χ1) is 9.90. The lowest BCUT2D eigenvalue weighted by molar-refractivity contribution is 0.310. The van der Waals surface area contributed by atoms with Gasteiger partial charge in [0, 0.05) is 0 Å². The molecule has 2 heterocycles. The van der Waals surface area contributed by atoms with Crippen LogP contribution < -0.4 is 0 Å². The number of thiazole rings is 1. The molecule has 20 heavy (non-hydrogen) atoms. The van der Waals surface area contributed by atoms with Crippen LogP contribution in [0.1, 0.15) is 0 Å². The zero-order chi connectivity index (χ0) is 13.4. The summed E-state index contributed by atoms with van der Waals surface area (Å²) in [6.07, 6.45) is 8.34. The zero-order valence-corrected chi connectivity index (χ0v) is 12.2. The maximum atomic E-state index is 4.63. The fourth-order valence-corrected chi connectivity index (χ4v) is 4.29. The maximum Gasteiger partial charge on any atom is 0.152 e. The number of hydrogen-bond donors (Lipinski definition) is 0. The van der Waals surface area contributed by atoms with Crippen molar-refractivity contribution in [2.75, 3.05) is 5.88 Å². The van der Waals surface area contributed by atoms with E-state index in [0.29, 0.717) is 0 Å². The van der Waals surface area contributed by atoms with E-state index in [-0.39, 0.29) is 12.1 Å². The van der Waals surface area contributed by atoms with Gasteiger partial charge < -0.3 is 0 Å². The molecule has 100 valence electrons. The van der Waals surface area contributed by atoms with Crippen LogP contribution in [0.3, 0.4) is 0 Å². The van der Waals surface area contributed by atoms with Crippen LogP contribution in [0.2, 0.25) is 0 Å². The molecular formula is C14H12N4S2. The van der Waals surface area contributed by atoms with Crippen molar-refractivity contribution in [2.24, 2.45) is 10.3 Å². The molecule has 1 aromatic carbocycles. The summed E-state index contributed by atoms with van der Waals surface area (Å²) >= 11 is 3.45. The van der Waals surface area contributed by atoms with Crippen LogP contribution in [0.15, 0.2) is 63.2 Å². The molecule has 2 aliphatic rings. The van der Waals surface area contributed by atoms with Crippen molar-refractivity contribution >= 4 is 33.3 Å². The summed E-state index contributed by atoms with van der Waals surface area (Å²) < 4.78 is 2.32. The molecule has 0 bridgehead atoms. The summed E-state index contributed by atoms with van der Waals surface area (Å²) in [5.74, 6) is 0.780. The van der Waals surface area contributed by atoms with Gasteiger partial charge in [-0.2, -0.15) is 5.11 Å². The van der Waals surface area contributed by atoms with E-state index in [4.69, 9.17) is 0 Å². The number of thioether (sulfide) groups is 1. The molecule has 0 saturated heterocycles. The van der Waals surface area contributed by atoms with Gasteiger partial charge in [-0.25, -0.2) is 4.98 Å². The van der Waals surface area contributed by atoms with Gasteiger partial charge in [0.1, 0.15) is 6.04 Å². The van der Waals surface area contributed by atoms with Crippen molar-refractivity contribution in [1.82, 2.24) is 9.99 Å². The third-order valence-electron chi connectivity index (χ3n) is 3.32. The molecule has 0 spiro atoms. The fraction of sp³-hybridized carbons (Fsp3) is 0.214. The Balaban J connectivity index is 1.47. The molecule has 1 aromatic heterocycles. The van der Waals surface area contributed by atoms with E-state index >= 15 is 0 Å². The van der Waals surface area contributed by atoms with Gasteiger partial charge in [0.2, 0.25) is 0 Å². The number of allylic oxidation sites excluding steroid dienone is 2. The zero-order valence-electron chi connectivity index (χ0n) is 10.6. The van der Waals surface area contributed by atoms with E-state index in [9.17, 15) is 0 Å². The maximum absolute atomic E-state index is 4.63. The topological polar surface area (TPSA) is 40.9 Å². The summed E-state index contributed by atoms with van der Waals surface area (Å²) in [6, 6.07) is 8.67. The normalized spacial score (nSPS) is 23.7. The summed E-state index contributed by atoms with van der Waals surface area (Å²) in [5.41, 5.74) is 1.07. The lowest BCUT2D eigenvalue weighted by Gasteiger charge is -2.21. The number of rotatable bonds is 3. The van der Waals surface area contributed by atoms with Gasteiger partial charge in [0.05, 0.1) is 22.1 Å².